The van der Waals surface area contributed by atoms with Crippen molar-refractivity contribution < 1.29 is 15.7 Å². The quantitative estimate of drug-likeness (QED) is 0.373. The molecule has 3 nitrogen and oxygen atoms in total. The molecule has 0 rings (SSSR count). The highest BCUT2D eigenvalue weighted by molar-refractivity contribution is 5.85. The summed E-state index contributed by atoms with van der Waals surface area (Å²) in [5.41, 5.74) is 0. The summed E-state index contributed by atoms with van der Waals surface area (Å²) < 4.78 is 0. The van der Waals surface area contributed by atoms with Gasteiger partial charge in [-0.1, -0.05) is 0 Å². The molecule has 0 radical (unpaired) electrons. The molecule has 6 heavy (non-hydrogen) atoms. The van der Waals surface area contributed by atoms with Crippen LogP contribution in [0.3, 0.4) is 0 Å². The molecule has 0 aliphatic rings. The van der Waals surface area contributed by atoms with E-state index >= 15 is 0 Å². The second-order valence-corrected chi connectivity index (χ2v) is 0.236. The Bertz CT molecular complexity index is 16.3. The van der Waals surface area contributed by atoms with Crippen molar-refractivity contribution >= 4 is 18.7 Å². The molecule has 42 valence electrons. The van der Waals surface area contributed by atoms with Gasteiger partial charge >= 0.3 is 0 Å². The predicted octanol–water partition coefficient (Wildman–Crippen LogP) is -1.02. The molecule has 0 aromatic rings. The van der Waals surface area contributed by atoms with Crippen molar-refractivity contribution in [3.05, 3.63) is 0 Å². The number of hydrogen-bond acceptors (Lipinski definition) is 1. The van der Waals surface area contributed by atoms with Crippen LogP contribution in [-0.2, 0) is 4.79 Å². The van der Waals surface area contributed by atoms with Crippen molar-refractivity contribution in [3.8, 4) is 0 Å². The predicted molar refractivity (Wildman–Crippen MR) is 26.2 cm³/mol. The number of carbonyl (C=O) groups excluding carboxylic acids is 1. The summed E-state index contributed by atoms with van der Waals surface area (Å²) in [6, 6.07) is 0. The van der Waals surface area contributed by atoms with E-state index in [0.29, 0.717) is 0 Å². The molecule has 0 amide bonds. The Balaban J connectivity index is -0.00000000667. The topological polar surface area (TPSA) is 80.1 Å². The molecule has 4 N–H and O–H groups in total. The first-order valence-corrected chi connectivity index (χ1v) is 0.813. The van der Waals surface area contributed by atoms with Gasteiger partial charge in [-0.05, 0) is 6.92 Å². The van der Waals surface area contributed by atoms with Gasteiger partial charge in [0.05, 0.1) is 0 Å². The van der Waals surface area contributed by atoms with E-state index in [9.17, 15) is 0 Å². The first-order valence-electron chi connectivity index (χ1n) is 0.813. The minimum Gasteiger partial charge on any atom is -0.412 e. The summed E-state index contributed by atoms with van der Waals surface area (Å²) in [6.07, 6.45) is 0.750. The van der Waals surface area contributed by atoms with Crippen LogP contribution in [0, 0.1) is 0 Å². The van der Waals surface area contributed by atoms with Gasteiger partial charge in [-0.3, -0.25) is 0 Å². The summed E-state index contributed by atoms with van der Waals surface area (Å²) in [5.74, 6) is 0. The Morgan fingerprint density at radius 3 is 1.33 bits per heavy atom. The zero-order chi connectivity index (χ0) is 2.71. The molecule has 0 bridgehead atoms. The van der Waals surface area contributed by atoms with Gasteiger partial charge in [-0.15, -0.1) is 12.4 Å². The van der Waals surface area contributed by atoms with E-state index in [1.54, 1.807) is 0 Å². The van der Waals surface area contributed by atoms with Crippen molar-refractivity contribution in [1.29, 1.82) is 0 Å². The fourth-order valence-electron chi connectivity index (χ4n) is 0. The lowest BCUT2D eigenvalue weighted by Gasteiger charge is -1.23. The fourth-order valence-corrected chi connectivity index (χ4v) is 0. The Hall–Kier alpha value is -0.120. The minimum atomic E-state index is 0. The van der Waals surface area contributed by atoms with Gasteiger partial charge in [0.1, 0.15) is 6.29 Å². The van der Waals surface area contributed by atoms with Crippen molar-refractivity contribution in [1.82, 2.24) is 0 Å². The zero-order valence-electron chi connectivity index (χ0n) is 3.39. The van der Waals surface area contributed by atoms with Gasteiger partial charge in [0, 0.05) is 0 Å². The van der Waals surface area contributed by atoms with E-state index in [0.717, 1.165) is 6.29 Å². The number of halogens is 1. The number of rotatable bonds is 0. The van der Waals surface area contributed by atoms with Crippen LogP contribution < -0.4 is 0 Å². The lowest BCUT2D eigenvalue weighted by atomic mass is 11.0. The highest BCUT2D eigenvalue weighted by Crippen LogP contribution is 1.13. The maximum atomic E-state index is 8.81. The van der Waals surface area contributed by atoms with Crippen molar-refractivity contribution in [3.63, 3.8) is 0 Å². The van der Waals surface area contributed by atoms with Crippen LogP contribution >= 0.6 is 12.4 Å². The van der Waals surface area contributed by atoms with Crippen molar-refractivity contribution in [2.75, 3.05) is 0 Å². The SMILES string of the molecule is CC=O.Cl.O.O. The molecular weight excluding hydrogens is 107 g/mol. The molecule has 0 heterocycles. The van der Waals surface area contributed by atoms with E-state index < -0.39 is 0 Å². The van der Waals surface area contributed by atoms with Gasteiger partial charge in [0.25, 0.3) is 0 Å². The molecule has 0 aliphatic heterocycles. The molecule has 0 spiro atoms. The standard InChI is InChI=1S/C2H4O.ClH.2H2O/c1-2-3;;;/h2H,1H3;1H;2*1H2. The van der Waals surface area contributed by atoms with Gasteiger partial charge in [-0.25, -0.2) is 0 Å². The van der Waals surface area contributed by atoms with E-state index in [1.165, 1.54) is 6.92 Å². The summed E-state index contributed by atoms with van der Waals surface area (Å²) in [6.45, 7) is 1.44. The third kappa shape index (κ3) is 2230. The smallest absolute Gasteiger partial charge is 0.116 e. The van der Waals surface area contributed by atoms with Crippen LogP contribution in [-0.4, -0.2) is 17.2 Å². The normalized spacial score (nSPS) is 2.17. The van der Waals surface area contributed by atoms with Crippen LogP contribution in [0.2, 0.25) is 0 Å². The molecule has 0 fully saturated rings. The highest BCUT2D eigenvalue weighted by Gasteiger charge is 1.24. The third-order valence-electron chi connectivity index (χ3n) is 0. The average Bonchev–Trinajstić information content (AvgIpc) is 0.918. The monoisotopic (exact) mass is 116 g/mol. The number of carbonyl (C=O) groups is 1. The van der Waals surface area contributed by atoms with E-state index in [4.69, 9.17) is 4.79 Å². The first-order chi connectivity index (χ1) is 1.41. The summed E-state index contributed by atoms with van der Waals surface area (Å²) in [4.78, 5) is 8.81. The zero-order valence-corrected chi connectivity index (χ0v) is 4.21. The summed E-state index contributed by atoms with van der Waals surface area (Å²) >= 11 is 0. The van der Waals surface area contributed by atoms with Crippen molar-refractivity contribution in [2.24, 2.45) is 0 Å². The Kier molecular flexibility index (Phi) is 626. The molecule has 0 aromatic heterocycles. The maximum absolute atomic E-state index is 8.81. The van der Waals surface area contributed by atoms with Crippen LogP contribution in [0.25, 0.3) is 0 Å². The second kappa shape index (κ2) is 94.9. The van der Waals surface area contributed by atoms with E-state index in [-0.39, 0.29) is 23.4 Å². The molecule has 4 heteroatoms. The molecule has 0 saturated carbocycles. The number of aldehydes is 1. The van der Waals surface area contributed by atoms with Gasteiger partial charge < -0.3 is 15.7 Å². The summed E-state index contributed by atoms with van der Waals surface area (Å²) in [5, 5.41) is 0. The minimum absolute atomic E-state index is 0. The molecule has 0 unspecified atom stereocenters. The van der Waals surface area contributed by atoms with Gasteiger partial charge in [-0.2, -0.15) is 0 Å². The molecule has 0 atom stereocenters. The van der Waals surface area contributed by atoms with Gasteiger partial charge in [0.2, 0.25) is 0 Å². The molecular formula is C2H9ClO3. The summed E-state index contributed by atoms with van der Waals surface area (Å²) in [7, 11) is 0. The Morgan fingerprint density at radius 2 is 1.33 bits per heavy atom. The Morgan fingerprint density at radius 1 is 1.33 bits per heavy atom. The van der Waals surface area contributed by atoms with Crippen LogP contribution in [0.4, 0.5) is 0 Å². The van der Waals surface area contributed by atoms with Crippen molar-refractivity contribution in [2.45, 2.75) is 6.92 Å². The maximum Gasteiger partial charge on any atom is 0.116 e. The first kappa shape index (κ1) is 39.6. The highest BCUT2D eigenvalue weighted by atomic mass is 35.5. The second-order valence-electron chi connectivity index (χ2n) is 0.236. The van der Waals surface area contributed by atoms with Crippen LogP contribution in [0.5, 0.6) is 0 Å². The van der Waals surface area contributed by atoms with Crippen LogP contribution in [0.1, 0.15) is 6.92 Å². The molecule has 0 aliphatic carbocycles. The van der Waals surface area contributed by atoms with E-state index in [1.807, 2.05) is 0 Å². The molecule has 0 saturated heterocycles. The average molecular weight is 117 g/mol. The number of hydrogen-bond donors (Lipinski definition) is 0. The Labute approximate surface area is 42.4 Å². The van der Waals surface area contributed by atoms with Gasteiger partial charge in [0.15, 0.2) is 0 Å². The molecule has 0 aromatic carbocycles. The fraction of sp³-hybridized carbons (Fsp3) is 0.500. The van der Waals surface area contributed by atoms with Crippen LogP contribution in [0.15, 0.2) is 0 Å². The van der Waals surface area contributed by atoms with E-state index in [2.05, 4.69) is 0 Å². The lowest BCUT2D eigenvalue weighted by Crippen LogP contribution is -1.36. The largest absolute Gasteiger partial charge is 0.412 e. The third-order valence-corrected chi connectivity index (χ3v) is 0. The lowest BCUT2D eigenvalue weighted by molar-refractivity contribution is -0.106.